The molecule has 0 amide bonds. The summed E-state index contributed by atoms with van der Waals surface area (Å²) in [5.74, 6) is -0.0687. The molecule has 0 saturated carbocycles. The number of carbonyl (C=O) groups is 1. The predicted molar refractivity (Wildman–Crippen MR) is 110 cm³/mol. The number of rotatable bonds is 9. The van der Waals surface area contributed by atoms with E-state index in [4.69, 9.17) is 4.74 Å². The average molecular weight is 361 g/mol. The Morgan fingerprint density at radius 2 is 1.85 bits per heavy atom. The number of hydrogen-bond donors (Lipinski definition) is 0. The Hall–Kier alpha value is -2.86. The molecule has 27 heavy (non-hydrogen) atoms. The second-order valence-electron chi connectivity index (χ2n) is 6.66. The van der Waals surface area contributed by atoms with Crippen LogP contribution in [0, 0.1) is 17.2 Å². The number of esters is 1. The van der Waals surface area contributed by atoms with Crippen molar-refractivity contribution < 1.29 is 9.53 Å². The van der Waals surface area contributed by atoms with Crippen LogP contribution in [0.5, 0.6) is 0 Å². The van der Waals surface area contributed by atoms with Crippen LogP contribution in [-0.4, -0.2) is 12.6 Å². The van der Waals surface area contributed by atoms with Crippen molar-refractivity contribution in [1.82, 2.24) is 0 Å². The molecule has 1 atom stereocenters. The highest BCUT2D eigenvalue weighted by molar-refractivity contribution is 5.95. The van der Waals surface area contributed by atoms with Crippen LogP contribution in [0.15, 0.2) is 60.7 Å². The smallest absolute Gasteiger partial charge is 0.332 e. The van der Waals surface area contributed by atoms with E-state index >= 15 is 0 Å². The Kier molecular flexibility index (Phi) is 8.32. The number of nitriles is 1. The summed E-state index contributed by atoms with van der Waals surface area (Å²) in [7, 11) is 0. The van der Waals surface area contributed by atoms with Gasteiger partial charge in [0.1, 0.15) is 6.07 Å². The van der Waals surface area contributed by atoms with Crippen molar-refractivity contribution in [1.29, 1.82) is 5.26 Å². The minimum atomic E-state index is -0.452. The molecule has 2 aromatic carbocycles. The molecule has 3 nitrogen and oxygen atoms in total. The van der Waals surface area contributed by atoms with Crippen LogP contribution in [0.25, 0.3) is 16.7 Å². The van der Waals surface area contributed by atoms with Crippen molar-refractivity contribution >= 4 is 11.5 Å². The minimum absolute atomic E-state index is 0.319. The van der Waals surface area contributed by atoms with E-state index in [2.05, 4.69) is 19.9 Å². The number of benzene rings is 2. The number of carbonyl (C=O) groups excluding carboxylic acids is 1. The van der Waals surface area contributed by atoms with E-state index in [-0.39, 0.29) is 0 Å². The van der Waals surface area contributed by atoms with Crippen LogP contribution in [0.4, 0.5) is 0 Å². The third-order valence-corrected chi connectivity index (χ3v) is 4.67. The summed E-state index contributed by atoms with van der Waals surface area (Å²) >= 11 is 0. The zero-order chi connectivity index (χ0) is 19.5. The Balaban J connectivity index is 2.09. The average Bonchev–Trinajstić information content (AvgIpc) is 2.73. The molecule has 0 heterocycles. The third-order valence-electron chi connectivity index (χ3n) is 4.67. The Morgan fingerprint density at radius 3 is 2.52 bits per heavy atom. The van der Waals surface area contributed by atoms with Crippen molar-refractivity contribution in [2.45, 2.75) is 39.5 Å². The molecular formula is C24H27NO2. The van der Waals surface area contributed by atoms with E-state index in [1.165, 1.54) is 6.08 Å². The molecule has 0 spiro atoms. The SMILES string of the molecule is CCCCC(CC)COC(=O)C=C(C#N)c1cccc(-c2ccccc2)c1. The van der Waals surface area contributed by atoms with Gasteiger partial charge < -0.3 is 4.74 Å². The maximum Gasteiger partial charge on any atom is 0.332 e. The number of nitrogens with zero attached hydrogens (tertiary/aromatic N) is 1. The minimum Gasteiger partial charge on any atom is -0.462 e. The molecule has 0 aliphatic heterocycles. The standard InChI is InChI=1S/C24H27NO2/c1-3-5-10-19(4-2)18-27-24(26)16-23(17-25)22-14-9-13-21(15-22)20-11-7-6-8-12-20/h6-9,11-16,19H,3-5,10,18H2,1-2H3. The van der Waals surface area contributed by atoms with Gasteiger partial charge >= 0.3 is 5.97 Å². The van der Waals surface area contributed by atoms with Crippen LogP contribution in [0.3, 0.4) is 0 Å². The number of allylic oxidation sites excluding steroid dienone is 1. The predicted octanol–water partition coefficient (Wildman–Crippen LogP) is 6.02. The third kappa shape index (κ3) is 6.42. The molecule has 0 aliphatic carbocycles. The van der Waals surface area contributed by atoms with Gasteiger partial charge in [-0.15, -0.1) is 0 Å². The fraction of sp³-hybridized carbons (Fsp3) is 0.333. The van der Waals surface area contributed by atoms with Crippen molar-refractivity contribution in [3.8, 4) is 17.2 Å². The molecule has 0 aliphatic rings. The van der Waals surface area contributed by atoms with Crippen LogP contribution in [0.2, 0.25) is 0 Å². The van der Waals surface area contributed by atoms with E-state index in [0.29, 0.717) is 23.7 Å². The first-order chi connectivity index (χ1) is 13.2. The van der Waals surface area contributed by atoms with Gasteiger partial charge in [-0.1, -0.05) is 81.6 Å². The number of unbranched alkanes of at least 4 members (excludes halogenated alkanes) is 1. The second-order valence-corrected chi connectivity index (χ2v) is 6.66. The highest BCUT2D eigenvalue weighted by atomic mass is 16.5. The summed E-state index contributed by atoms with van der Waals surface area (Å²) < 4.78 is 5.39. The lowest BCUT2D eigenvalue weighted by molar-refractivity contribution is -0.139. The molecular weight excluding hydrogens is 334 g/mol. The summed E-state index contributed by atoms with van der Waals surface area (Å²) in [6.45, 7) is 4.68. The van der Waals surface area contributed by atoms with E-state index in [9.17, 15) is 10.1 Å². The number of hydrogen-bond acceptors (Lipinski definition) is 3. The fourth-order valence-corrected chi connectivity index (χ4v) is 2.93. The van der Waals surface area contributed by atoms with Crippen LogP contribution in [-0.2, 0) is 9.53 Å². The summed E-state index contributed by atoms with van der Waals surface area (Å²) in [5.41, 5.74) is 3.11. The highest BCUT2D eigenvalue weighted by Crippen LogP contribution is 2.23. The molecule has 0 aromatic heterocycles. The summed E-state index contributed by atoms with van der Waals surface area (Å²) in [6.07, 6.45) is 5.63. The van der Waals surface area contributed by atoms with Crippen molar-refractivity contribution in [3.63, 3.8) is 0 Å². The Morgan fingerprint density at radius 1 is 1.11 bits per heavy atom. The monoisotopic (exact) mass is 361 g/mol. The molecule has 0 saturated heterocycles. The van der Waals surface area contributed by atoms with E-state index in [1.807, 2.05) is 54.6 Å². The summed E-state index contributed by atoms with van der Waals surface area (Å²) in [4.78, 5) is 12.2. The van der Waals surface area contributed by atoms with Gasteiger partial charge in [-0.05, 0) is 35.1 Å². The Labute approximate surface area is 162 Å². The zero-order valence-electron chi connectivity index (χ0n) is 16.2. The second kappa shape index (κ2) is 11.0. The topological polar surface area (TPSA) is 50.1 Å². The molecule has 0 radical (unpaired) electrons. The quantitative estimate of drug-likeness (QED) is 0.312. The first-order valence-corrected chi connectivity index (χ1v) is 9.62. The molecule has 2 rings (SSSR count). The normalized spacial score (nSPS) is 12.3. The number of ether oxygens (including phenoxy) is 1. The molecule has 0 bridgehead atoms. The van der Waals surface area contributed by atoms with E-state index < -0.39 is 5.97 Å². The first-order valence-electron chi connectivity index (χ1n) is 9.62. The molecule has 0 fully saturated rings. The van der Waals surface area contributed by atoms with Gasteiger partial charge in [0.2, 0.25) is 0 Å². The van der Waals surface area contributed by atoms with Gasteiger partial charge in [0.05, 0.1) is 12.2 Å². The molecule has 0 N–H and O–H groups in total. The van der Waals surface area contributed by atoms with E-state index in [0.717, 1.165) is 36.8 Å². The van der Waals surface area contributed by atoms with Gasteiger partial charge in [0, 0.05) is 6.08 Å². The fourth-order valence-electron chi connectivity index (χ4n) is 2.93. The van der Waals surface area contributed by atoms with Gasteiger partial charge in [-0.25, -0.2) is 4.79 Å². The van der Waals surface area contributed by atoms with Gasteiger partial charge in [-0.2, -0.15) is 5.26 Å². The van der Waals surface area contributed by atoms with Crippen LogP contribution in [0.1, 0.15) is 45.1 Å². The van der Waals surface area contributed by atoms with Gasteiger partial charge in [0.15, 0.2) is 0 Å². The van der Waals surface area contributed by atoms with Gasteiger partial charge in [0.25, 0.3) is 0 Å². The summed E-state index contributed by atoms with van der Waals surface area (Å²) in [6, 6.07) is 19.7. The first kappa shape index (κ1) is 20.5. The molecule has 1 unspecified atom stereocenters. The van der Waals surface area contributed by atoms with Crippen LogP contribution < -0.4 is 0 Å². The zero-order valence-corrected chi connectivity index (χ0v) is 16.2. The van der Waals surface area contributed by atoms with E-state index in [1.54, 1.807) is 0 Å². The van der Waals surface area contributed by atoms with Crippen molar-refractivity contribution in [2.24, 2.45) is 5.92 Å². The maximum absolute atomic E-state index is 12.2. The summed E-state index contributed by atoms with van der Waals surface area (Å²) in [5, 5.41) is 9.50. The largest absolute Gasteiger partial charge is 0.462 e. The van der Waals surface area contributed by atoms with Gasteiger partial charge in [-0.3, -0.25) is 0 Å². The Bertz CT molecular complexity index is 803. The molecule has 3 heteroatoms. The van der Waals surface area contributed by atoms with Crippen LogP contribution >= 0.6 is 0 Å². The lowest BCUT2D eigenvalue weighted by atomic mass is 9.99. The lowest BCUT2D eigenvalue weighted by Crippen LogP contribution is -2.12. The highest BCUT2D eigenvalue weighted by Gasteiger charge is 2.11. The maximum atomic E-state index is 12.2. The van der Waals surface area contributed by atoms with Crippen molar-refractivity contribution in [3.05, 3.63) is 66.2 Å². The lowest BCUT2D eigenvalue weighted by Gasteiger charge is -2.13. The molecule has 140 valence electrons. The molecule has 2 aromatic rings. The van der Waals surface area contributed by atoms with Crippen molar-refractivity contribution in [2.75, 3.05) is 6.61 Å².